The van der Waals surface area contributed by atoms with E-state index in [0.29, 0.717) is 0 Å². The van der Waals surface area contributed by atoms with Crippen LogP contribution in [-0.2, 0) is 6.54 Å². The Morgan fingerprint density at radius 1 is 1.24 bits per heavy atom. The van der Waals surface area contributed by atoms with E-state index in [1.165, 1.54) is 6.92 Å². The van der Waals surface area contributed by atoms with Crippen LogP contribution in [0.1, 0.15) is 29.8 Å². The van der Waals surface area contributed by atoms with Crippen molar-refractivity contribution in [3.63, 3.8) is 0 Å². The lowest BCUT2D eigenvalue weighted by Gasteiger charge is -2.10. The quantitative estimate of drug-likeness (QED) is 0.838. The Morgan fingerprint density at radius 2 is 1.90 bits per heavy atom. The molecule has 0 aliphatic heterocycles. The molecule has 6 nitrogen and oxygen atoms in total. The lowest BCUT2D eigenvalue weighted by Crippen LogP contribution is -2.39. The van der Waals surface area contributed by atoms with Gasteiger partial charge >= 0.3 is 5.69 Å². The van der Waals surface area contributed by atoms with E-state index in [0.717, 1.165) is 10.1 Å². The molecule has 0 radical (unpaired) electrons. The number of ketones is 1. The highest BCUT2D eigenvalue weighted by molar-refractivity contribution is 5.95. The minimum absolute atomic E-state index is 0.0655. The van der Waals surface area contributed by atoms with Gasteiger partial charge in [0.15, 0.2) is 5.78 Å². The maximum atomic E-state index is 12.4. The first-order valence-electron chi connectivity index (χ1n) is 6.59. The van der Waals surface area contributed by atoms with Crippen molar-refractivity contribution in [3.8, 4) is 5.88 Å². The molecule has 1 heterocycles. The van der Waals surface area contributed by atoms with Crippen LogP contribution in [0, 0.1) is 0 Å². The molecule has 0 amide bonds. The fourth-order valence-electron chi connectivity index (χ4n) is 2.02. The maximum Gasteiger partial charge on any atom is 0.331 e. The molecule has 0 saturated carbocycles. The second kappa shape index (κ2) is 6.21. The van der Waals surface area contributed by atoms with Gasteiger partial charge in [-0.3, -0.25) is 19.1 Å². The first kappa shape index (κ1) is 14.8. The summed E-state index contributed by atoms with van der Waals surface area (Å²) in [5.74, 6) is -0.508. The summed E-state index contributed by atoms with van der Waals surface area (Å²) in [4.78, 5) is 38.5. The second-order valence-electron chi connectivity index (χ2n) is 4.50. The van der Waals surface area contributed by atoms with E-state index in [9.17, 15) is 14.4 Å². The first-order valence-corrected chi connectivity index (χ1v) is 6.59. The Balaban J connectivity index is 2.57. The number of hydrogen-bond acceptors (Lipinski definition) is 4. The lowest BCUT2D eigenvalue weighted by molar-refractivity contribution is 0.101. The zero-order chi connectivity index (χ0) is 15.4. The number of nitrogens with zero attached hydrogens (tertiary/aromatic N) is 1. The standard InChI is InChI=1S/C15H16N2O4/c1-3-21-13-12(10(2)18)14(19)17(15(20)16-13)9-11-7-5-4-6-8-11/h4-8H,3,9H2,1-2H3,(H,16,20). The van der Waals surface area contributed by atoms with Gasteiger partial charge in [0.05, 0.1) is 13.2 Å². The van der Waals surface area contributed by atoms with Gasteiger partial charge in [-0.1, -0.05) is 30.3 Å². The van der Waals surface area contributed by atoms with Crippen LogP contribution in [0.25, 0.3) is 0 Å². The molecule has 2 aromatic rings. The fourth-order valence-corrected chi connectivity index (χ4v) is 2.02. The molecule has 1 aromatic heterocycles. The summed E-state index contributed by atoms with van der Waals surface area (Å²) in [6, 6.07) is 9.07. The molecular formula is C15H16N2O4. The Labute approximate surface area is 121 Å². The lowest BCUT2D eigenvalue weighted by atomic mass is 10.2. The average Bonchev–Trinajstić information content (AvgIpc) is 2.44. The molecule has 6 heteroatoms. The number of ether oxygens (including phenoxy) is 1. The number of benzene rings is 1. The van der Waals surface area contributed by atoms with Crippen molar-refractivity contribution >= 4 is 5.78 Å². The number of nitrogens with one attached hydrogen (secondary N) is 1. The molecule has 110 valence electrons. The van der Waals surface area contributed by atoms with E-state index in [-0.39, 0.29) is 24.6 Å². The van der Waals surface area contributed by atoms with Crippen LogP contribution in [-0.4, -0.2) is 21.9 Å². The van der Waals surface area contributed by atoms with Crippen LogP contribution in [0.2, 0.25) is 0 Å². The van der Waals surface area contributed by atoms with E-state index in [1.54, 1.807) is 19.1 Å². The summed E-state index contributed by atoms with van der Waals surface area (Å²) in [6.07, 6.45) is 0. The van der Waals surface area contributed by atoms with Crippen molar-refractivity contribution in [2.24, 2.45) is 0 Å². The van der Waals surface area contributed by atoms with E-state index >= 15 is 0 Å². The molecule has 0 unspecified atom stereocenters. The molecule has 0 atom stereocenters. The van der Waals surface area contributed by atoms with E-state index in [1.807, 2.05) is 18.2 Å². The Hall–Kier alpha value is -2.63. The van der Waals surface area contributed by atoms with Crippen LogP contribution in [0.15, 0.2) is 39.9 Å². The highest BCUT2D eigenvalue weighted by atomic mass is 16.5. The number of aromatic nitrogens is 2. The van der Waals surface area contributed by atoms with Gasteiger partial charge in [0.1, 0.15) is 5.56 Å². The zero-order valence-corrected chi connectivity index (χ0v) is 11.9. The third-order valence-corrected chi connectivity index (χ3v) is 2.98. The fraction of sp³-hybridized carbons (Fsp3) is 0.267. The number of hydrogen-bond donors (Lipinski definition) is 1. The number of rotatable bonds is 5. The van der Waals surface area contributed by atoms with Gasteiger partial charge < -0.3 is 4.74 Å². The van der Waals surface area contributed by atoms with Gasteiger partial charge in [0.2, 0.25) is 5.88 Å². The number of carbonyl (C=O) groups is 1. The van der Waals surface area contributed by atoms with E-state index in [4.69, 9.17) is 4.74 Å². The van der Waals surface area contributed by atoms with Gasteiger partial charge in [-0.15, -0.1) is 0 Å². The van der Waals surface area contributed by atoms with Crippen LogP contribution < -0.4 is 16.0 Å². The van der Waals surface area contributed by atoms with Crippen LogP contribution in [0.5, 0.6) is 5.88 Å². The molecule has 0 aliphatic carbocycles. The minimum atomic E-state index is -0.640. The van der Waals surface area contributed by atoms with Gasteiger partial charge in [0, 0.05) is 0 Å². The molecule has 0 bridgehead atoms. The molecule has 0 spiro atoms. The van der Waals surface area contributed by atoms with Gasteiger partial charge in [-0.2, -0.15) is 0 Å². The average molecular weight is 288 g/mol. The zero-order valence-electron chi connectivity index (χ0n) is 11.9. The molecule has 0 saturated heterocycles. The third-order valence-electron chi connectivity index (χ3n) is 2.98. The van der Waals surface area contributed by atoms with Crippen molar-refractivity contribution in [3.05, 3.63) is 62.3 Å². The highest BCUT2D eigenvalue weighted by Crippen LogP contribution is 2.09. The van der Waals surface area contributed by atoms with Crippen LogP contribution in [0.4, 0.5) is 0 Å². The van der Waals surface area contributed by atoms with Crippen molar-refractivity contribution in [1.29, 1.82) is 0 Å². The summed E-state index contributed by atoms with van der Waals surface area (Å²) in [5, 5.41) is 0. The normalized spacial score (nSPS) is 10.4. The topological polar surface area (TPSA) is 81.2 Å². The van der Waals surface area contributed by atoms with Crippen LogP contribution >= 0.6 is 0 Å². The summed E-state index contributed by atoms with van der Waals surface area (Å²) in [7, 11) is 0. The second-order valence-corrected chi connectivity index (χ2v) is 4.50. The predicted octanol–water partition coefficient (Wildman–Crippen LogP) is 1.19. The highest BCUT2D eigenvalue weighted by Gasteiger charge is 2.18. The van der Waals surface area contributed by atoms with E-state index in [2.05, 4.69) is 4.98 Å². The molecule has 0 fully saturated rings. The van der Waals surface area contributed by atoms with Crippen molar-refractivity contribution in [2.45, 2.75) is 20.4 Å². The monoisotopic (exact) mass is 288 g/mol. The minimum Gasteiger partial charge on any atom is -0.479 e. The Morgan fingerprint density at radius 3 is 2.48 bits per heavy atom. The van der Waals surface area contributed by atoms with Gasteiger partial charge in [0.25, 0.3) is 5.56 Å². The Bertz CT molecular complexity index is 759. The van der Waals surface area contributed by atoms with Gasteiger partial charge in [-0.05, 0) is 19.4 Å². The van der Waals surface area contributed by atoms with Crippen molar-refractivity contribution in [2.75, 3.05) is 6.61 Å². The maximum absolute atomic E-state index is 12.4. The third kappa shape index (κ3) is 3.10. The smallest absolute Gasteiger partial charge is 0.331 e. The summed E-state index contributed by atoms with van der Waals surface area (Å²) < 4.78 is 6.17. The summed E-state index contributed by atoms with van der Waals surface area (Å²) in [5.41, 5.74) is -0.577. The molecule has 1 aromatic carbocycles. The number of carbonyl (C=O) groups excluding carboxylic acids is 1. The number of aromatic amines is 1. The van der Waals surface area contributed by atoms with Gasteiger partial charge in [-0.25, -0.2) is 4.79 Å². The molecule has 2 rings (SSSR count). The van der Waals surface area contributed by atoms with Crippen molar-refractivity contribution in [1.82, 2.24) is 9.55 Å². The SMILES string of the molecule is CCOc1[nH]c(=O)n(Cc2ccccc2)c(=O)c1C(C)=O. The van der Waals surface area contributed by atoms with Crippen molar-refractivity contribution < 1.29 is 9.53 Å². The molecule has 0 aliphatic rings. The number of Topliss-reactive ketones (excluding diaryl/α,β-unsaturated/α-hetero) is 1. The van der Waals surface area contributed by atoms with Crippen LogP contribution in [0.3, 0.4) is 0 Å². The number of H-pyrrole nitrogens is 1. The Kier molecular flexibility index (Phi) is 4.37. The first-order chi connectivity index (χ1) is 10.0. The molecule has 1 N–H and O–H groups in total. The summed E-state index contributed by atoms with van der Waals surface area (Å²) >= 11 is 0. The predicted molar refractivity (Wildman–Crippen MR) is 78.0 cm³/mol. The summed E-state index contributed by atoms with van der Waals surface area (Å²) in [6.45, 7) is 3.32. The largest absolute Gasteiger partial charge is 0.479 e. The molecular weight excluding hydrogens is 272 g/mol. The molecule has 21 heavy (non-hydrogen) atoms. The van der Waals surface area contributed by atoms with E-state index < -0.39 is 17.0 Å².